The summed E-state index contributed by atoms with van der Waals surface area (Å²) in [4.78, 5) is 0. The van der Waals surface area contributed by atoms with Crippen LogP contribution < -0.4 is 0 Å². The molecule has 3 atom stereocenters. The van der Waals surface area contributed by atoms with Crippen LogP contribution in [0, 0.1) is 18.3 Å². The smallest absolute Gasteiger partial charge is 0.259 e. The minimum Gasteiger partial charge on any atom is -0.321 e. The number of nitrogens with zero attached hydrogens (tertiary/aromatic N) is 2. The van der Waals surface area contributed by atoms with Crippen molar-refractivity contribution in [1.82, 2.24) is 4.67 Å². The van der Waals surface area contributed by atoms with Gasteiger partial charge in [0.2, 0.25) is 0 Å². The zero-order chi connectivity index (χ0) is 20.9. The van der Waals surface area contributed by atoms with Gasteiger partial charge in [-0.05, 0) is 54.0 Å². The number of rotatable bonds is 9. The van der Waals surface area contributed by atoms with Crippen molar-refractivity contribution >= 4 is 30.1 Å². The lowest BCUT2D eigenvalue weighted by Gasteiger charge is -2.39. The van der Waals surface area contributed by atoms with Crippen LogP contribution in [0.1, 0.15) is 64.3 Å². The molecule has 1 heterocycles. The number of nitriles is 1. The molecule has 1 saturated heterocycles. The van der Waals surface area contributed by atoms with Crippen LogP contribution in [0.4, 0.5) is 0 Å². The Balaban J connectivity index is 2.28. The Hall–Kier alpha value is -0.280. The van der Waals surface area contributed by atoms with Crippen LogP contribution in [0.2, 0.25) is 0 Å². The maximum Gasteiger partial charge on any atom is 0.259 e. The zero-order valence-corrected chi connectivity index (χ0v) is 20.5. The molecule has 0 amide bonds. The van der Waals surface area contributed by atoms with E-state index >= 15 is 0 Å². The van der Waals surface area contributed by atoms with E-state index in [2.05, 4.69) is 83.5 Å². The van der Waals surface area contributed by atoms with E-state index in [0.717, 1.165) is 0 Å². The Morgan fingerprint density at radius 3 is 2.32 bits per heavy atom. The molecule has 7 heteroatoms. The van der Waals surface area contributed by atoms with Crippen molar-refractivity contribution in [1.29, 1.82) is 5.26 Å². The first-order chi connectivity index (χ1) is 13.2. The number of hydrogen-bond acceptors (Lipinski definition) is 6. The second kappa shape index (κ2) is 10.7. The first-order valence-corrected chi connectivity index (χ1v) is 13.2. The molecule has 0 saturated carbocycles. The molecule has 0 N–H and O–H groups in total. The van der Waals surface area contributed by atoms with Gasteiger partial charge in [-0.25, -0.2) is 4.67 Å². The minimum absolute atomic E-state index is 0.0263. The van der Waals surface area contributed by atoms with Gasteiger partial charge >= 0.3 is 0 Å². The molecule has 1 aromatic carbocycles. The topological polar surface area (TPSA) is 45.5 Å². The van der Waals surface area contributed by atoms with Crippen LogP contribution in [0.15, 0.2) is 24.3 Å². The Morgan fingerprint density at radius 2 is 1.79 bits per heavy atom. The molecule has 0 aliphatic carbocycles. The SMILES string of the molecule is Cc1ccc([C@H]2SSC(C)(C)[C@H]2OP(OCCC#N)N(C(C)C)C(C)C)cc1. The monoisotopic (exact) mass is 440 g/mol. The highest BCUT2D eigenvalue weighted by Gasteiger charge is 2.48. The number of hydrogen-bond donors (Lipinski definition) is 0. The van der Waals surface area contributed by atoms with Crippen LogP contribution in [-0.2, 0) is 9.05 Å². The van der Waals surface area contributed by atoms with Crippen molar-refractivity contribution in [2.45, 2.75) is 83.1 Å². The molecule has 0 aromatic heterocycles. The summed E-state index contributed by atoms with van der Waals surface area (Å²) in [6.45, 7) is 15.7. The second-order valence-electron chi connectivity index (χ2n) is 8.19. The van der Waals surface area contributed by atoms with E-state index in [1.54, 1.807) is 0 Å². The van der Waals surface area contributed by atoms with Gasteiger partial charge < -0.3 is 9.05 Å². The van der Waals surface area contributed by atoms with Gasteiger partial charge in [-0.15, -0.1) is 0 Å². The molecule has 0 radical (unpaired) electrons. The quantitative estimate of drug-likeness (QED) is 0.237. The van der Waals surface area contributed by atoms with Crippen LogP contribution in [0.5, 0.6) is 0 Å². The minimum atomic E-state index is -1.25. The Kier molecular flexibility index (Phi) is 9.13. The van der Waals surface area contributed by atoms with Gasteiger partial charge in [-0.3, -0.25) is 0 Å². The summed E-state index contributed by atoms with van der Waals surface area (Å²) in [6.07, 6.45) is 0.406. The fourth-order valence-electron chi connectivity index (χ4n) is 3.20. The lowest BCUT2D eigenvalue weighted by atomic mass is 9.97. The van der Waals surface area contributed by atoms with Crippen molar-refractivity contribution in [3.05, 3.63) is 35.4 Å². The van der Waals surface area contributed by atoms with Gasteiger partial charge in [0.05, 0.1) is 30.5 Å². The number of aryl methyl sites for hydroxylation is 1. The third-order valence-electron chi connectivity index (χ3n) is 4.60. The Labute approximate surface area is 180 Å². The summed E-state index contributed by atoms with van der Waals surface area (Å²) in [5.74, 6) is 0. The fraction of sp³-hybridized carbons (Fsp3) is 0.667. The largest absolute Gasteiger partial charge is 0.321 e. The van der Waals surface area contributed by atoms with Crippen molar-refractivity contribution in [3.8, 4) is 6.07 Å². The molecule has 2 rings (SSSR count). The lowest BCUT2D eigenvalue weighted by molar-refractivity contribution is 0.114. The lowest BCUT2D eigenvalue weighted by Crippen LogP contribution is -2.39. The van der Waals surface area contributed by atoms with Crippen LogP contribution in [0.25, 0.3) is 0 Å². The summed E-state index contributed by atoms with van der Waals surface area (Å²) in [6, 6.07) is 11.5. The number of benzene rings is 1. The van der Waals surface area contributed by atoms with Gasteiger partial charge in [0.25, 0.3) is 8.53 Å². The van der Waals surface area contributed by atoms with Gasteiger partial charge in [0, 0.05) is 16.8 Å². The maximum atomic E-state index is 8.93. The molecule has 1 fully saturated rings. The van der Waals surface area contributed by atoms with Gasteiger partial charge in [0.1, 0.15) is 0 Å². The van der Waals surface area contributed by atoms with E-state index < -0.39 is 8.53 Å². The summed E-state index contributed by atoms with van der Waals surface area (Å²) in [5, 5.41) is 9.19. The predicted octanol–water partition coefficient (Wildman–Crippen LogP) is 6.87. The molecule has 1 aliphatic rings. The van der Waals surface area contributed by atoms with Crippen LogP contribution in [0.3, 0.4) is 0 Å². The van der Waals surface area contributed by atoms with Gasteiger partial charge in [-0.1, -0.05) is 51.4 Å². The van der Waals surface area contributed by atoms with Crippen molar-refractivity contribution < 1.29 is 9.05 Å². The highest BCUT2D eigenvalue weighted by atomic mass is 33.1. The zero-order valence-electron chi connectivity index (χ0n) is 18.0. The Morgan fingerprint density at radius 1 is 1.18 bits per heavy atom. The molecule has 1 aliphatic heterocycles. The third kappa shape index (κ3) is 6.11. The van der Waals surface area contributed by atoms with Crippen molar-refractivity contribution in [2.75, 3.05) is 6.61 Å². The van der Waals surface area contributed by atoms with E-state index in [1.165, 1.54) is 11.1 Å². The first-order valence-electron chi connectivity index (χ1n) is 9.83. The second-order valence-corrected chi connectivity index (χ2v) is 12.6. The average Bonchev–Trinajstić information content (AvgIpc) is 2.90. The highest BCUT2D eigenvalue weighted by Crippen LogP contribution is 2.63. The maximum absolute atomic E-state index is 8.93. The molecule has 0 bridgehead atoms. The highest BCUT2D eigenvalue weighted by molar-refractivity contribution is 8.77. The van der Waals surface area contributed by atoms with Crippen molar-refractivity contribution in [2.24, 2.45) is 0 Å². The molecule has 4 nitrogen and oxygen atoms in total. The molecule has 28 heavy (non-hydrogen) atoms. The summed E-state index contributed by atoms with van der Waals surface area (Å²) in [7, 11) is 2.53. The molecule has 1 unspecified atom stereocenters. The third-order valence-corrected chi connectivity index (χ3v) is 10.4. The van der Waals surface area contributed by atoms with Gasteiger partial charge in [-0.2, -0.15) is 5.26 Å². The van der Waals surface area contributed by atoms with E-state index in [9.17, 15) is 0 Å². The predicted molar refractivity (Wildman–Crippen MR) is 123 cm³/mol. The molecule has 0 spiro atoms. The van der Waals surface area contributed by atoms with Crippen LogP contribution in [-0.4, -0.2) is 34.2 Å². The van der Waals surface area contributed by atoms with E-state index in [4.69, 9.17) is 14.3 Å². The summed E-state index contributed by atoms with van der Waals surface area (Å²) >= 11 is 0. The van der Waals surface area contributed by atoms with E-state index in [-0.39, 0.29) is 16.1 Å². The summed E-state index contributed by atoms with van der Waals surface area (Å²) in [5.41, 5.74) is 2.57. The molecule has 156 valence electrons. The standard InChI is InChI=1S/C21H33N2O2PS2/c1-15(2)23(16(3)4)26(24-14-8-13-22)25-20-19(27-28-21(20,6)7)18-11-9-17(5)10-12-18/h9-12,15-16,19-20H,8,14H2,1-7H3/t19-,20+,26?/m1/s1. The van der Waals surface area contributed by atoms with Gasteiger partial charge in [0.15, 0.2) is 0 Å². The Bertz CT molecular complexity index is 653. The average molecular weight is 441 g/mol. The fourth-order valence-corrected chi connectivity index (χ4v) is 8.69. The molecular weight excluding hydrogens is 407 g/mol. The van der Waals surface area contributed by atoms with E-state index in [0.29, 0.717) is 25.1 Å². The summed E-state index contributed by atoms with van der Waals surface area (Å²) < 4.78 is 15.2. The van der Waals surface area contributed by atoms with Crippen molar-refractivity contribution in [3.63, 3.8) is 0 Å². The van der Waals surface area contributed by atoms with Crippen LogP contribution >= 0.6 is 30.1 Å². The molecule has 1 aromatic rings. The van der Waals surface area contributed by atoms with E-state index in [1.807, 2.05) is 21.6 Å². The normalized spacial score (nSPS) is 22.8. The first kappa shape index (κ1) is 24.0. The molecular formula is C21H33N2O2PS2.